The van der Waals surface area contributed by atoms with Crippen molar-refractivity contribution in [1.29, 1.82) is 0 Å². The van der Waals surface area contributed by atoms with E-state index in [4.69, 9.17) is 14.2 Å². The largest absolute Gasteiger partial charge is 0.491 e. The summed E-state index contributed by atoms with van der Waals surface area (Å²) in [6, 6.07) is 26.3. The molecule has 0 fully saturated rings. The molecule has 1 aliphatic rings. The maximum absolute atomic E-state index is 13.3. The lowest BCUT2D eigenvalue weighted by atomic mass is 9.87. The van der Waals surface area contributed by atoms with E-state index < -0.39 is 5.41 Å². The highest BCUT2D eigenvalue weighted by Gasteiger charge is 2.35. The van der Waals surface area contributed by atoms with Crippen LogP contribution in [0.25, 0.3) is 22.2 Å². The molecule has 1 atom stereocenters. The summed E-state index contributed by atoms with van der Waals surface area (Å²) in [5.41, 5.74) is 6.30. The Labute approximate surface area is 310 Å². The number of benzene rings is 3. The number of carbonyl (C=O) groups excluding carboxylic acids is 2. The Kier molecular flexibility index (Phi) is 10.7. The number of methoxy groups -OCH3 is 1. The van der Waals surface area contributed by atoms with E-state index in [0.717, 1.165) is 61.7 Å². The van der Waals surface area contributed by atoms with E-state index in [2.05, 4.69) is 78.0 Å². The van der Waals surface area contributed by atoms with Crippen LogP contribution in [0.1, 0.15) is 65.3 Å². The van der Waals surface area contributed by atoms with E-state index in [1.165, 1.54) is 0 Å². The van der Waals surface area contributed by atoms with Crippen molar-refractivity contribution in [3.63, 3.8) is 0 Å². The molecule has 6 rings (SSSR count). The number of carbonyl (C=O) groups is 2. The minimum Gasteiger partial charge on any atom is -0.491 e. The molecular formula is C42H48N4O5S. The van der Waals surface area contributed by atoms with Gasteiger partial charge < -0.3 is 23.7 Å². The standard InChI is InChI=1S/C42H48N4O5S/c1-9-50-40(48)42(6,7)24-37-39(52-41(3,4)5)33-23-32(51-26-31-22-30-12-10-11-13-35(30)46(31)27(2)47)18-20-36(33)45(37)25-28-14-16-29(17-15-28)34-19-21-38(49-8)44-43-34/h10-21,23,31H,9,22,24-26H2,1-8H3/t31-/m0/s1. The number of hydrogen-bond acceptors (Lipinski definition) is 8. The topological polar surface area (TPSA) is 95.8 Å². The van der Waals surface area contributed by atoms with E-state index >= 15 is 0 Å². The van der Waals surface area contributed by atoms with E-state index in [1.807, 2.05) is 56.0 Å². The number of rotatable bonds is 12. The third-order valence-corrected chi connectivity index (χ3v) is 10.5. The van der Waals surface area contributed by atoms with Gasteiger partial charge in [0.05, 0.1) is 30.9 Å². The van der Waals surface area contributed by atoms with Gasteiger partial charge in [0.2, 0.25) is 11.8 Å². The van der Waals surface area contributed by atoms with Gasteiger partial charge in [-0.05, 0) is 68.7 Å². The van der Waals surface area contributed by atoms with Crippen LogP contribution in [0.2, 0.25) is 0 Å². The molecule has 1 amide bonds. The fourth-order valence-electron chi connectivity index (χ4n) is 6.80. The highest BCUT2D eigenvalue weighted by Crippen LogP contribution is 2.44. The minimum absolute atomic E-state index is 0.00811. The Balaban J connectivity index is 1.38. The van der Waals surface area contributed by atoms with Crippen molar-refractivity contribution in [3.05, 3.63) is 95.7 Å². The Hall–Kier alpha value is -4.83. The molecule has 0 unspecified atom stereocenters. The van der Waals surface area contributed by atoms with E-state index in [0.29, 0.717) is 32.1 Å². The summed E-state index contributed by atoms with van der Waals surface area (Å²) < 4.78 is 19.4. The van der Waals surface area contributed by atoms with Gasteiger partial charge in [-0.1, -0.05) is 63.2 Å². The predicted molar refractivity (Wildman–Crippen MR) is 207 cm³/mol. The molecule has 2 aromatic heterocycles. The van der Waals surface area contributed by atoms with Crippen molar-refractivity contribution < 1.29 is 23.8 Å². The zero-order chi connectivity index (χ0) is 37.2. The third-order valence-electron chi connectivity index (χ3n) is 9.23. The molecule has 0 spiro atoms. The highest BCUT2D eigenvalue weighted by molar-refractivity contribution is 8.00. The predicted octanol–water partition coefficient (Wildman–Crippen LogP) is 8.53. The number of thioether (sulfide) groups is 1. The van der Waals surface area contributed by atoms with Gasteiger partial charge >= 0.3 is 5.97 Å². The number of esters is 1. The van der Waals surface area contributed by atoms with Gasteiger partial charge in [0, 0.05) is 63.4 Å². The number of para-hydroxylation sites is 1. The Morgan fingerprint density at radius 2 is 1.69 bits per heavy atom. The van der Waals surface area contributed by atoms with Gasteiger partial charge in [-0.2, -0.15) is 0 Å². The molecule has 0 saturated heterocycles. The molecule has 10 heteroatoms. The average molecular weight is 721 g/mol. The first kappa shape index (κ1) is 36.9. The fraction of sp³-hybridized carbons (Fsp3) is 0.381. The Bertz CT molecular complexity index is 2070. The molecule has 0 saturated carbocycles. The fourth-order valence-corrected chi connectivity index (χ4v) is 7.98. The number of nitrogens with zero attached hydrogens (tertiary/aromatic N) is 4. The normalized spacial score (nSPS) is 14.4. The number of aromatic nitrogens is 3. The van der Waals surface area contributed by atoms with Gasteiger partial charge in [0.15, 0.2) is 0 Å². The zero-order valence-electron chi connectivity index (χ0n) is 31.4. The molecule has 5 aromatic rings. The summed E-state index contributed by atoms with van der Waals surface area (Å²) in [6.07, 6.45) is 1.24. The number of ether oxygens (including phenoxy) is 3. The Morgan fingerprint density at radius 3 is 2.35 bits per heavy atom. The quantitative estimate of drug-likeness (QED) is 0.0935. The van der Waals surface area contributed by atoms with Crippen LogP contribution >= 0.6 is 11.8 Å². The first-order chi connectivity index (χ1) is 24.8. The van der Waals surface area contributed by atoms with Crippen LogP contribution in [-0.4, -0.2) is 57.8 Å². The van der Waals surface area contributed by atoms with Gasteiger partial charge in [-0.15, -0.1) is 22.0 Å². The summed E-state index contributed by atoms with van der Waals surface area (Å²) in [7, 11) is 1.57. The smallest absolute Gasteiger partial charge is 0.311 e. The average Bonchev–Trinajstić information content (AvgIpc) is 3.62. The first-order valence-corrected chi connectivity index (χ1v) is 18.6. The highest BCUT2D eigenvalue weighted by atomic mass is 32.2. The van der Waals surface area contributed by atoms with Crippen molar-refractivity contribution in [2.24, 2.45) is 5.41 Å². The molecule has 3 heterocycles. The van der Waals surface area contributed by atoms with Crippen LogP contribution in [0.5, 0.6) is 11.6 Å². The maximum Gasteiger partial charge on any atom is 0.311 e. The van der Waals surface area contributed by atoms with Gasteiger partial charge in [0.1, 0.15) is 12.4 Å². The van der Waals surface area contributed by atoms with Crippen LogP contribution in [0.15, 0.2) is 83.8 Å². The third kappa shape index (κ3) is 7.97. The molecule has 0 bridgehead atoms. The number of anilines is 1. The first-order valence-electron chi connectivity index (χ1n) is 17.8. The van der Waals surface area contributed by atoms with Crippen molar-refractivity contribution in [2.75, 3.05) is 25.2 Å². The van der Waals surface area contributed by atoms with Gasteiger partial charge in [0.25, 0.3) is 0 Å². The number of amides is 1. The van der Waals surface area contributed by atoms with Crippen LogP contribution in [0, 0.1) is 5.41 Å². The molecule has 0 aliphatic carbocycles. The molecule has 3 aromatic carbocycles. The van der Waals surface area contributed by atoms with E-state index in [9.17, 15) is 9.59 Å². The van der Waals surface area contributed by atoms with Crippen LogP contribution in [-0.2, 0) is 33.7 Å². The minimum atomic E-state index is -0.765. The number of fused-ring (bicyclic) bond motifs is 2. The summed E-state index contributed by atoms with van der Waals surface area (Å²) in [5.74, 6) is 0.993. The Morgan fingerprint density at radius 1 is 0.942 bits per heavy atom. The number of hydrogen-bond donors (Lipinski definition) is 0. The van der Waals surface area contributed by atoms with Gasteiger partial charge in [-0.3, -0.25) is 9.59 Å². The lowest BCUT2D eigenvalue weighted by Gasteiger charge is -2.26. The second kappa shape index (κ2) is 15.0. The maximum atomic E-state index is 13.3. The van der Waals surface area contributed by atoms with Gasteiger partial charge in [-0.25, -0.2) is 0 Å². The molecular weight excluding hydrogens is 673 g/mol. The zero-order valence-corrected chi connectivity index (χ0v) is 32.2. The lowest BCUT2D eigenvalue weighted by molar-refractivity contribution is -0.153. The van der Waals surface area contributed by atoms with Crippen molar-refractivity contribution >= 4 is 40.2 Å². The van der Waals surface area contributed by atoms with E-state index in [-0.39, 0.29) is 22.7 Å². The summed E-state index contributed by atoms with van der Waals surface area (Å²) in [5, 5.41) is 9.50. The molecule has 0 radical (unpaired) electrons. The lowest BCUT2D eigenvalue weighted by Crippen LogP contribution is -2.40. The monoisotopic (exact) mass is 720 g/mol. The summed E-state index contributed by atoms with van der Waals surface area (Å²) in [4.78, 5) is 29.0. The summed E-state index contributed by atoms with van der Waals surface area (Å²) >= 11 is 1.80. The van der Waals surface area contributed by atoms with E-state index in [1.54, 1.807) is 31.9 Å². The molecule has 9 nitrogen and oxygen atoms in total. The molecule has 1 aliphatic heterocycles. The van der Waals surface area contributed by atoms with Crippen molar-refractivity contribution in [2.45, 2.75) is 83.5 Å². The summed E-state index contributed by atoms with van der Waals surface area (Å²) in [6.45, 7) is 15.3. The van der Waals surface area contributed by atoms with Crippen molar-refractivity contribution in [3.8, 4) is 22.9 Å². The van der Waals surface area contributed by atoms with Crippen LogP contribution in [0.3, 0.4) is 0 Å². The molecule has 52 heavy (non-hydrogen) atoms. The van der Waals surface area contributed by atoms with Crippen molar-refractivity contribution in [1.82, 2.24) is 14.8 Å². The SMILES string of the molecule is CCOC(=O)C(C)(C)Cc1c(SC(C)(C)C)c2cc(OC[C@@H]3Cc4ccccc4N3C(C)=O)ccc2n1Cc1ccc(-c2ccc(OC)nn2)cc1. The van der Waals surface area contributed by atoms with Crippen LogP contribution in [0.4, 0.5) is 5.69 Å². The van der Waals surface area contributed by atoms with Crippen LogP contribution < -0.4 is 14.4 Å². The second-order valence-corrected chi connectivity index (χ2v) is 16.7. The second-order valence-electron chi connectivity index (χ2n) is 14.9. The molecule has 0 N–H and O–H groups in total. The molecule has 272 valence electrons.